The Balaban J connectivity index is 1.68. The van der Waals surface area contributed by atoms with Gasteiger partial charge in [-0.25, -0.2) is 4.98 Å². The highest BCUT2D eigenvalue weighted by atomic mass is 32.1. The molecule has 0 bridgehead atoms. The molecule has 0 aliphatic rings. The zero-order valence-electron chi connectivity index (χ0n) is 9.27. The molecule has 0 radical (unpaired) electrons. The summed E-state index contributed by atoms with van der Waals surface area (Å²) in [6.07, 6.45) is 6.01. The van der Waals surface area contributed by atoms with Crippen molar-refractivity contribution in [1.29, 1.82) is 0 Å². The van der Waals surface area contributed by atoms with Gasteiger partial charge in [-0.2, -0.15) is 0 Å². The minimum atomic E-state index is 0.913. The summed E-state index contributed by atoms with van der Waals surface area (Å²) in [4.78, 5) is 11.1. The van der Waals surface area contributed by atoms with Crippen molar-refractivity contribution < 1.29 is 0 Å². The highest BCUT2D eigenvalue weighted by Gasteiger charge is 2.00. The third kappa shape index (κ3) is 3.37. The molecule has 0 amide bonds. The Hall–Kier alpha value is -0.780. The average Bonchev–Trinajstić information content (AvgIpc) is 2.95. The monoisotopic (exact) mass is 253 g/mol. The molecule has 0 aliphatic carbocycles. The maximum Gasteiger partial charge on any atom is 0.0940 e. The van der Waals surface area contributed by atoms with Crippen molar-refractivity contribution in [3.63, 3.8) is 0 Å². The summed E-state index contributed by atoms with van der Waals surface area (Å²) in [7, 11) is 0. The van der Waals surface area contributed by atoms with E-state index < -0.39 is 0 Å². The second-order valence-electron chi connectivity index (χ2n) is 3.47. The van der Waals surface area contributed by atoms with E-state index in [1.165, 1.54) is 14.8 Å². The maximum absolute atomic E-state index is 4.39. The SMILES string of the molecule is CCc1cnc(CCNCc2cncs2)s1. The summed E-state index contributed by atoms with van der Waals surface area (Å²) < 4.78 is 0. The van der Waals surface area contributed by atoms with E-state index in [4.69, 9.17) is 0 Å². The Morgan fingerprint density at radius 1 is 1.31 bits per heavy atom. The van der Waals surface area contributed by atoms with Gasteiger partial charge in [0.1, 0.15) is 0 Å². The van der Waals surface area contributed by atoms with Crippen molar-refractivity contribution in [3.8, 4) is 0 Å². The number of hydrogen-bond donors (Lipinski definition) is 1. The molecule has 0 saturated carbocycles. The predicted molar refractivity (Wildman–Crippen MR) is 69.0 cm³/mol. The van der Waals surface area contributed by atoms with E-state index in [-0.39, 0.29) is 0 Å². The molecule has 0 fully saturated rings. The van der Waals surface area contributed by atoms with Crippen LogP contribution in [0.25, 0.3) is 0 Å². The summed E-state index contributed by atoms with van der Waals surface area (Å²) in [5.74, 6) is 0. The lowest BCUT2D eigenvalue weighted by molar-refractivity contribution is 0.691. The molecule has 0 spiro atoms. The number of rotatable bonds is 6. The Bertz CT molecular complexity index is 409. The van der Waals surface area contributed by atoms with Crippen LogP contribution in [0.15, 0.2) is 17.9 Å². The van der Waals surface area contributed by atoms with Crippen molar-refractivity contribution in [2.75, 3.05) is 6.54 Å². The zero-order chi connectivity index (χ0) is 11.2. The summed E-state index contributed by atoms with van der Waals surface area (Å²) in [6.45, 7) is 4.06. The van der Waals surface area contributed by atoms with Crippen LogP contribution in [0.1, 0.15) is 21.7 Å². The number of nitrogens with one attached hydrogen (secondary N) is 1. The Morgan fingerprint density at radius 2 is 2.25 bits per heavy atom. The van der Waals surface area contributed by atoms with E-state index in [1.54, 1.807) is 11.3 Å². The molecule has 0 unspecified atom stereocenters. The van der Waals surface area contributed by atoms with Gasteiger partial charge in [-0.1, -0.05) is 6.92 Å². The fourth-order valence-corrected chi connectivity index (χ4v) is 2.79. The van der Waals surface area contributed by atoms with E-state index in [9.17, 15) is 0 Å². The van der Waals surface area contributed by atoms with Gasteiger partial charge in [0, 0.05) is 41.7 Å². The first-order valence-corrected chi connectivity index (χ1v) is 7.09. The van der Waals surface area contributed by atoms with Gasteiger partial charge in [-0.05, 0) is 6.42 Å². The van der Waals surface area contributed by atoms with Crippen molar-refractivity contribution in [3.05, 3.63) is 32.7 Å². The maximum atomic E-state index is 4.39. The summed E-state index contributed by atoms with van der Waals surface area (Å²) in [6, 6.07) is 0. The molecule has 2 heterocycles. The van der Waals surface area contributed by atoms with Crippen LogP contribution < -0.4 is 5.32 Å². The molecule has 16 heavy (non-hydrogen) atoms. The molecule has 0 atom stereocenters. The molecule has 0 aliphatic heterocycles. The third-order valence-electron chi connectivity index (χ3n) is 2.25. The smallest absolute Gasteiger partial charge is 0.0940 e. The first-order valence-electron chi connectivity index (χ1n) is 5.40. The summed E-state index contributed by atoms with van der Waals surface area (Å²) in [5, 5.41) is 4.63. The largest absolute Gasteiger partial charge is 0.311 e. The van der Waals surface area contributed by atoms with E-state index in [0.29, 0.717) is 0 Å². The fraction of sp³-hybridized carbons (Fsp3) is 0.455. The first-order chi connectivity index (χ1) is 7.88. The third-order valence-corrected chi connectivity index (χ3v) is 4.23. The fourth-order valence-electron chi connectivity index (χ4n) is 1.36. The van der Waals surface area contributed by atoms with Gasteiger partial charge in [0.2, 0.25) is 0 Å². The highest BCUT2D eigenvalue weighted by Crippen LogP contribution is 2.13. The van der Waals surface area contributed by atoms with Crippen LogP contribution in [0.3, 0.4) is 0 Å². The van der Waals surface area contributed by atoms with Crippen LogP contribution in [0.2, 0.25) is 0 Å². The lowest BCUT2D eigenvalue weighted by Gasteiger charge is -1.99. The number of hydrogen-bond acceptors (Lipinski definition) is 5. The van der Waals surface area contributed by atoms with Gasteiger partial charge in [0.25, 0.3) is 0 Å². The first kappa shape index (κ1) is 11.7. The van der Waals surface area contributed by atoms with Gasteiger partial charge < -0.3 is 5.32 Å². The second-order valence-corrected chi connectivity index (χ2v) is 5.64. The quantitative estimate of drug-likeness (QED) is 0.804. The van der Waals surface area contributed by atoms with Crippen molar-refractivity contribution in [2.24, 2.45) is 0 Å². The van der Waals surface area contributed by atoms with E-state index in [1.807, 2.05) is 29.2 Å². The minimum Gasteiger partial charge on any atom is -0.311 e. The number of nitrogens with zero attached hydrogens (tertiary/aromatic N) is 2. The molecular weight excluding hydrogens is 238 g/mol. The van der Waals surface area contributed by atoms with Gasteiger partial charge >= 0.3 is 0 Å². The van der Waals surface area contributed by atoms with Gasteiger partial charge in [0.15, 0.2) is 0 Å². The molecule has 86 valence electrons. The standard InChI is InChI=1S/C11H15N3S2/c1-2-9-7-14-11(16-9)3-4-12-5-10-6-13-8-15-10/h6-8,12H,2-5H2,1H3. The van der Waals surface area contributed by atoms with Crippen LogP contribution in [-0.2, 0) is 19.4 Å². The topological polar surface area (TPSA) is 37.8 Å². The molecule has 2 rings (SSSR count). The average molecular weight is 253 g/mol. The van der Waals surface area contributed by atoms with E-state index in [2.05, 4.69) is 22.2 Å². The number of thiazole rings is 2. The van der Waals surface area contributed by atoms with Crippen molar-refractivity contribution in [1.82, 2.24) is 15.3 Å². The predicted octanol–water partition coefficient (Wildman–Crippen LogP) is 2.49. The van der Waals surface area contributed by atoms with Crippen LogP contribution in [-0.4, -0.2) is 16.5 Å². The van der Waals surface area contributed by atoms with Gasteiger partial charge in [-0.15, -0.1) is 22.7 Å². The summed E-state index contributed by atoms with van der Waals surface area (Å²) in [5.41, 5.74) is 1.87. The van der Waals surface area contributed by atoms with Crippen LogP contribution in [0, 0.1) is 0 Å². The molecule has 2 aromatic rings. The van der Waals surface area contributed by atoms with Crippen LogP contribution >= 0.6 is 22.7 Å². The molecule has 0 saturated heterocycles. The minimum absolute atomic E-state index is 0.913. The van der Waals surface area contributed by atoms with Crippen molar-refractivity contribution in [2.45, 2.75) is 26.3 Å². The van der Waals surface area contributed by atoms with Crippen LogP contribution in [0.5, 0.6) is 0 Å². The van der Waals surface area contributed by atoms with E-state index in [0.717, 1.165) is 25.9 Å². The summed E-state index contributed by atoms with van der Waals surface area (Å²) >= 11 is 3.51. The normalized spacial score (nSPS) is 10.8. The molecule has 1 N–H and O–H groups in total. The second kappa shape index (κ2) is 6.08. The zero-order valence-corrected chi connectivity index (χ0v) is 10.9. The lowest BCUT2D eigenvalue weighted by Crippen LogP contribution is -2.15. The Kier molecular flexibility index (Phi) is 4.44. The molecule has 0 aromatic carbocycles. The highest BCUT2D eigenvalue weighted by molar-refractivity contribution is 7.11. The Labute approximate surface area is 104 Å². The molecule has 3 nitrogen and oxygen atoms in total. The number of aryl methyl sites for hydroxylation is 1. The molecule has 2 aromatic heterocycles. The van der Waals surface area contributed by atoms with Crippen LogP contribution in [0.4, 0.5) is 0 Å². The Morgan fingerprint density at radius 3 is 2.94 bits per heavy atom. The number of aromatic nitrogens is 2. The van der Waals surface area contributed by atoms with Gasteiger partial charge in [0.05, 0.1) is 10.5 Å². The van der Waals surface area contributed by atoms with Crippen molar-refractivity contribution >= 4 is 22.7 Å². The van der Waals surface area contributed by atoms with Gasteiger partial charge in [-0.3, -0.25) is 4.98 Å². The van der Waals surface area contributed by atoms with E-state index >= 15 is 0 Å². The molecular formula is C11H15N3S2. The lowest BCUT2D eigenvalue weighted by atomic mass is 10.4. The molecule has 5 heteroatoms.